The molecule has 0 aliphatic carbocycles. The summed E-state index contributed by atoms with van der Waals surface area (Å²) in [5.41, 5.74) is -0.328. The van der Waals surface area contributed by atoms with Gasteiger partial charge in [-0.25, -0.2) is 8.42 Å². The van der Waals surface area contributed by atoms with E-state index in [1.807, 2.05) is 0 Å². The second kappa shape index (κ2) is 9.49. The Balaban J connectivity index is 1.94. The van der Waals surface area contributed by atoms with E-state index in [2.05, 4.69) is 0 Å². The van der Waals surface area contributed by atoms with Crippen molar-refractivity contribution < 1.29 is 49.0 Å². The Bertz CT molecular complexity index is 1270. The quantitative estimate of drug-likeness (QED) is 0.484. The molecular weight excluding hydrogens is 516 g/mol. The van der Waals surface area contributed by atoms with Crippen molar-refractivity contribution >= 4 is 15.7 Å². The maximum absolute atomic E-state index is 13.3. The van der Waals surface area contributed by atoms with Gasteiger partial charge in [0, 0.05) is 25.3 Å². The summed E-state index contributed by atoms with van der Waals surface area (Å²) < 4.78 is 113. The van der Waals surface area contributed by atoms with Gasteiger partial charge in [-0.05, 0) is 49.2 Å². The molecule has 1 saturated heterocycles. The molecule has 0 N–H and O–H groups in total. The highest BCUT2D eigenvalue weighted by Crippen LogP contribution is 2.41. The van der Waals surface area contributed by atoms with Gasteiger partial charge in [-0.15, -0.1) is 0 Å². The fourth-order valence-electron chi connectivity index (χ4n) is 3.91. The number of rotatable bonds is 6. The van der Waals surface area contributed by atoms with Crippen molar-refractivity contribution in [3.63, 3.8) is 0 Å². The molecule has 0 unspecified atom stereocenters. The Morgan fingerprint density at radius 3 is 2.17 bits per heavy atom. The fraction of sp³-hybridized carbons (Fsp3) is 0.435. The monoisotopic (exact) mass is 539 g/mol. The molecule has 0 saturated carbocycles. The van der Waals surface area contributed by atoms with Crippen LogP contribution in [0.15, 0.2) is 35.2 Å². The number of likely N-dealkylation sites (tertiary alicyclic amines) is 1. The molecule has 1 atom stereocenters. The minimum Gasteiger partial charge on any atom is -0.494 e. The largest absolute Gasteiger partial charge is 0.494 e. The zero-order chi connectivity index (χ0) is 27.2. The van der Waals surface area contributed by atoms with Gasteiger partial charge in [0.1, 0.15) is 16.2 Å². The van der Waals surface area contributed by atoms with Gasteiger partial charge in [-0.3, -0.25) is 4.79 Å². The molecule has 0 spiro atoms. The standard InChI is InChI=1S/C23H23F6NO5S/c1-12-9-15(23(27,28)29)5-6-16(12)14-10-30(11-14)21(31)19-17(35-13(2)22(24,25)26)7-8-18(20(19)34-3)36(4,32)33/h5-9,13-14H,10-11H2,1-4H3/t13-/m0/s1. The maximum Gasteiger partial charge on any atom is 0.425 e. The lowest BCUT2D eigenvalue weighted by molar-refractivity contribution is -0.189. The van der Waals surface area contributed by atoms with Gasteiger partial charge in [0.2, 0.25) is 0 Å². The fourth-order valence-corrected chi connectivity index (χ4v) is 4.74. The number of hydrogen-bond acceptors (Lipinski definition) is 5. The Labute approximate surface area is 203 Å². The second-order valence-corrected chi connectivity index (χ2v) is 10.5. The molecule has 36 heavy (non-hydrogen) atoms. The topological polar surface area (TPSA) is 72.9 Å². The Kier molecular flexibility index (Phi) is 7.28. The molecule has 1 aliphatic heterocycles. The van der Waals surface area contributed by atoms with Crippen LogP contribution in [0, 0.1) is 6.92 Å². The van der Waals surface area contributed by atoms with Gasteiger partial charge in [0.25, 0.3) is 5.91 Å². The van der Waals surface area contributed by atoms with Gasteiger partial charge in [0.05, 0.1) is 12.7 Å². The van der Waals surface area contributed by atoms with Crippen LogP contribution in [-0.2, 0) is 16.0 Å². The van der Waals surface area contributed by atoms with Crippen molar-refractivity contribution in [2.45, 2.75) is 43.1 Å². The molecule has 13 heteroatoms. The Hall–Kier alpha value is -2.96. The molecule has 3 rings (SSSR count). The first-order valence-electron chi connectivity index (χ1n) is 10.6. The highest BCUT2D eigenvalue weighted by Gasteiger charge is 2.41. The van der Waals surface area contributed by atoms with Crippen molar-refractivity contribution in [2.24, 2.45) is 0 Å². The first-order chi connectivity index (χ1) is 16.4. The van der Waals surface area contributed by atoms with Crippen molar-refractivity contribution in [3.05, 3.63) is 52.6 Å². The number of aryl methyl sites for hydroxylation is 1. The summed E-state index contributed by atoms with van der Waals surface area (Å²) in [6.07, 6.45) is -10.7. The molecule has 6 nitrogen and oxygen atoms in total. The van der Waals surface area contributed by atoms with Crippen LogP contribution < -0.4 is 9.47 Å². The molecule has 1 aliphatic rings. The van der Waals surface area contributed by atoms with Crippen LogP contribution in [0.5, 0.6) is 11.5 Å². The molecular formula is C23H23F6NO5S. The van der Waals surface area contributed by atoms with Gasteiger partial charge in [0.15, 0.2) is 21.7 Å². The van der Waals surface area contributed by atoms with E-state index in [1.54, 1.807) is 0 Å². The molecule has 2 aromatic rings. The number of alkyl halides is 6. The number of carbonyl (C=O) groups is 1. The first kappa shape index (κ1) is 27.6. The van der Waals surface area contributed by atoms with E-state index >= 15 is 0 Å². The minimum atomic E-state index is -4.76. The minimum absolute atomic E-state index is 0.0472. The smallest absolute Gasteiger partial charge is 0.425 e. The Morgan fingerprint density at radius 1 is 1.08 bits per heavy atom. The summed E-state index contributed by atoms with van der Waals surface area (Å²) in [4.78, 5) is 14.2. The van der Waals surface area contributed by atoms with Crippen molar-refractivity contribution in [2.75, 3.05) is 26.5 Å². The third-order valence-electron chi connectivity index (χ3n) is 5.87. The van der Waals surface area contributed by atoms with Crippen LogP contribution >= 0.6 is 0 Å². The van der Waals surface area contributed by atoms with Crippen molar-refractivity contribution in [3.8, 4) is 11.5 Å². The van der Waals surface area contributed by atoms with E-state index in [1.165, 1.54) is 17.9 Å². The number of hydrogen-bond donors (Lipinski definition) is 0. The molecule has 198 valence electrons. The van der Waals surface area contributed by atoms with E-state index in [-0.39, 0.29) is 19.0 Å². The highest BCUT2D eigenvalue weighted by atomic mass is 32.2. The van der Waals surface area contributed by atoms with E-state index < -0.39 is 61.7 Å². The predicted octanol–water partition coefficient (Wildman–Crippen LogP) is 5.00. The highest BCUT2D eigenvalue weighted by molar-refractivity contribution is 7.90. The molecule has 1 amide bonds. The van der Waals surface area contributed by atoms with Crippen LogP contribution in [-0.4, -0.2) is 58.0 Å². The van der Waals surface area contributed by atoms with Crippen molar-refractivity contribution in [1.29, 1.82) is 0 Å². The summed E-state index contributed by atoms with van der Waals surface area (Å²) in [6.45, 7) is 2.34. The van der Waals surface area contributed by atoms with Crippen LogP contribution in [0.2, 0.25) is 0 Å². The summed E-state index contributed by atoms with van der Waals surface area (Å²) >= 11 is 0. The van der Waals surface area contributed by atoms with E-state index in [0.29, 0.717) is 11.1 Å². The summed E-state index contributed by atoms with van der Waals surface area (Å²) in [6, 6.07) is 5.23. The van der Waals surface area contributed by atoms with Crippen molar-refractivity contribution in [1.82, 2.24) is 4.90 Å². The first-order valence-corrected chi connectivity index (χ1v) is 12.5. The molecule has 0 bridgehead atoms. The second-order valence-electron chi connectivity index (χ2n) is 8.52. The number of sulfone groups is 1. The maximum atomic E-state index is 13.3. The average Bonchev–Trinajstić information content (AvgIpc) is 2.70. The SMILES string of the molecule is COc1c(S(C)(=O)=O)ccc(O[C@@H](C)C(F)(F)F)c1C(=O)N1CC(c2ccc(C(F)(F)F)cc2C)C1. The average molecular weight is 539 g/mol. The van der Waals surface area contributed by atoms with E-state index in [4.69, 9.17) is 9.47 Å². The number of benzene rings is 2. The number of carbonyl (C=O) groups excluding carboxylic acids is 1. The zero-order valence-corrected chi connectivity index (χ0v) is 20.4. The van der Waals surface area contributed by atoms with Crippen LogP contribution in [0.1, 0.15) is 39.9 Å². The number of methoxy groups -OCH3 is 1. The third-order valence-corrected chi connectivity index (χ3v) is 6.99. The van der Waals surface area contributed by atoms with E-state index in [9.17, 15) is 39.6 Å². The van der Waals surface area contributed by atoms with Crippen LogP contribution in [0.4, 0.5) is 26.3 Å². The Morgan fingerprint density at radius 2 is 1.69 bits per heavy atom. The summed E-state index contributed by atoms with van der Waals surface area (Å²) in [5.74, 6) is -2.12. The van der Waals surface area contributed by atoms with Crippen LogP contribution in [0.3, 0.4) is 0 Å². The number of halogens is 6. The lowest BCUT2D eigenvalue weighted by Gasteiger charge is -2.40. The van der Waals surface area contributed by atoms with Gasteiger partial charge in [-0.2, -0.15) is 26.3 Å². The predicted molar refractivity (Wildman–Crippen MR) is 117 cm³/mol. The van der Waals surface area contributed by atoms with Gasteiger partial charge < -0.3 is 14.4 Å². The molecule has 0 aromatic heterocycles. The molecule has 2 aromatic carbocycles. The third kappa shape index (κ3) is 5.55. The van der Waals surface area contributed by atoms with Crippen LogP contribution in [0.25, 0.3) is 0 Å². The summed E-state index contributed by atoms with van der Waals surface area (Å²) in [7, 11) is -2.86. The molecule has 1 fully saturated rings. The lowest BCUT2D eigenvalue weighted by atomic mass is 9.87. The zero-order valence-electron chi connectivity index (χ0n) is 19.6. The normalized spacial score (nSPS) is 15.9. The summed E-state index contributed by atoms with van der Waals surface area (Å²) in [5, 5.41) is 0. The molecule has 0 radical (unpaired) electrons. The lowest BCUT2D eigenvalue weighted by Crippen LogP contribution is -2.49. The molecule has 1 heterocycles. The van der Waals surface area contributed by atoms with E-state index in [0.717, 1.165) is 44.6 Å². The number of amides is 1. The van der Waals surface area contributed by atoms with Gasteiger partial charge >= 0.3 is 12.4 Å². The number of nitrogens with zero attached hydrogens (tertiary/aromatic N) is 1. The van der Waals surface area contributed by atoms with Gasteiger partial charge in [-0.1, -0.05) is 6.07 Å². The number of ether oxygens (including phenoxy) is 2.